The van der Waals surface area contributed by atoms with Crippen LogP contribution in [0.15, 0.2) is 18.2 Å². The maximum absolute atomic E-state index is 12.8. The molecule has 0 spiro atoms. The Kier molecular flexibility index (Phi) is 5.43. The maximum Gasteiger partial charge on any atom is 0.270 e. The summed E-state index contributed by atoms with van der Waals surface area (Å²) in [4.78, 5) is 25.4. The van der Waals surface area contributed by atoms with Gasteiger partial charge in [0, 0.05) is 31.1 Å². The van der Waals surface area contributed by atoms with Gasteiger partial charge >= 0.3 is 0 Å². The van der Waals surface area contributed by atoms with Crippen LogP contribution < -0.4 is 10.2 Å². The minimum Gasteiger partial charge on any atom is -0.378 e. The summed E-state index contributed by atoms with van der Waals surface area (Å²) in [6.45, 7) is 6.31. The highest BCUT2D eigenvalue weighted by Gasteiger charge is 2.23. The monoisotopic (exact) mass is 377 g/mol. The van der Waals surface area contributed by atoms with Crippen molar-refractivity contribution in [1.29, 1.82) is 0 Å². The molecule has 1 saturated heterocycles. The number of nitrogens with zero attached hydrogens (tertiary/aromatic N) is 4. The van der Waals surface area contributed by atoms with Crippen molar-refractivity contribution in [3.63, 3.8) is 0 Å². The third-order valence-electron chi connectivity index (χ3n) is 3.94. The molecule has 3 rings (SSSR count). The molecule has 1 aromatic heterocycles. The fourth-order valence-corrected chi connectivity index (χ4v) is 3.32. The van der Waals surface area contributed by atoms with E-state index in [0.29, 0.717) is 37.1 Å². The van der Waals surface area contributed by atoms with Gasteiger partial charge in [-0.2, -0.15) is 0 Å². The molecule has 0 atom stereocenters. The number of nitrogens with one attached hydrogen (secondary N) is 1. The van der Waals surface area contributed by atoms with Gasteiger partial charge in [0.05, 0.1) is 29.4 Å². The third kappa shape index (κ3) is 3.97. The molecule has 10 heteroatoms. The number of ether oxygens (including phenoxy) is 1. The standard InChI is InChI=1S/C16H19N5O4S/c1-10(2)15-18-19-16(26-15)17-14(22)12-9-11(21(23)24)3-4-13(12)20-5-7-25-8-6-20/h3-4,9-10H,5-8H2,1-2H3,(H,17,19,22). The van der Waals surface area contributed by atoms with Gasteiger partial charge in [-0.15, -0.1) is 10.2 Å². The third-order valence-corrected chi connectivity index (χ3v) is 5.08. The molecule has 2 heterocycles. The van der Waals surface area contributed by atoms with Gasteiger partial charge in [-0.3, -0.25) is 20.2 Å². The topological polar surface area (TPSA) is 110 Å². The van der Waals surface area contributed by atoms with Gasteiger partial charge in [0.15, 0.2) is 0 Å². The molecular formula is C16H19N5O4S. The molecule has 26 heavy (non-hydrogen) atoms. The number of non-ortho nitro benzene ring substituents is 1. The van der Waals surface area contributed by atoms with Gasteiger partial charge < -0.3 is 9.64 Å². The van der Waals surface area contributed by atoms with Crippen LogP contribution in [0.1, 0.15) is 35.1 Å². The van der Waals surface area contributed by atoms with Crippen molar-refractivity contribution >= 4 is 33.8 Å². The summed E-state index contributed by atoms with van der Waals surface area (Å²) in [7, 11) is 0. The Bertz CT molecular complexity index is 817. The van der Waals surface area contributed by atoms with Gasteiger partial charge in [0.2, 0.25) is 5.13 Å². The van der Waals surface area contributed by atoms with Gasteiger partial charge in [-0.1, -0.05) is 25.2 Å². The number of nitro benzene ring substituents is 1. The van der Waals surface area contributed by atoms with Crippen LogP contribution in [0, 0.1) is 10.1 Å². The zero-order valence-corrected chi connectivity index (χ0v) is 15.3. The number of nitro groups is 1. The van der Waals surface area contributed by atoms with Crippen molar-refractivity contribution in [3.8, 4) is 0 Å². The Balaban J connectivity index is 1.90. The number of amides is 1. The van der Waals surface area contributed by atoms with E-state index >= 15 is 0 Å². The normalized spacial score (nSPS) is 14.5. The quantitative estimate of drug-likeness (QED) is 0.630. The molecule has 0 radical (unpaired) electrons. The number of rotatable bonds is 5. The van der Waals surface area contributed by atoms with Crippen LogP contribution in [0.4, 0.5) is 16.5 Å². The molecular weight excluding hydrogens is 358 g/mol. The Labute approximate surface area is 154 Å². The van der Waals surface area contributed by atoms with Crippen molar-refractivity contribution in [2.75, 3.05) is 36.5 Å². The maximum atomic E-state index is 12.8. The smallest absolute Gasteiger partial charge is 0.270 e. The van der Waals surface area contributed by atoms with E-state index in [1.54, 1.807) is 6.07 Å². The molecule has 9 nitrogen and oxygen atoms in total. The van der Waals surface area contributed by atoms with E-state index in [1.165, 1.54) is 23.5 Å². The first-order chi connectivity index (χ1) is 12.5. The second-order valence-corrected chi connectivity index (χ2v) is 7.12. The molecule has 1 N–H and O–H groups in total. The van der Waals surface area contributed by atoms with Crippen molar-refractivity contribution in [3.05, 3.63) is 38.9 Å². The number of anilines is 2. The van der Waals surface area contributed by atoms with Crippen LogP contribution in [0.5, 0.6) is 0 Å². The minimum absolute atomic E-state index is 0.132. The predicted molar refractivity (Wildman–Crippen MR) is 98.1 cm³/mol. The Morgan fingerprint density at radius 1 is 1.35 bits per heavy atom. The van der Waals surface area contributed by atoms with Crippen molar-refractivity contribution < 1.29 is 14.5 Å². The number of morpholine rings is 1. The summed E-state index contributed by atoms with van der Waals surface area (Å²) in [6, 6.07) is 4.31. The molecule has 0 unspecified atom stereocenters. The van der Waals surface area contributed by atoms with Crippen molar-refractivity contribution in [2.24, 2.45) is 0 Å². The van der Waals surface area contributed by atoms with Crippen LogP contribution in [0.3, 0.4) is 0 Å². The first-order valence-corrected chi connectivity index (χ1v) is 9.03. The van der Waals surface area contributed by atoms with Crippen LogP contribution in [-0.2, 0) is 4.74 Å². The van der Waals surface area contributed by atoms with Crippen LogP contribution in [0.2, 0.25) is 0 Å². The van der Waals surface area contributed by atoms with Crippen molar-refractivity contribution in [1.82, 2.24) is 10.2 Å². The average Bonchev–Trinajstić information content (AvgIpc) is 3.10. The molecule has 1 fully saturated rings. The van der Waals surface area contributed by atoms with Gasteiger partial charge in [0.25, 0.3) is 11.6 Å². The van der Waals surface area contributed by atoms with E-state index in [2.05, 4.69) is 15.5 Å². The highest BCUT2D eigenvalue weighted by Crippen LogP contribution is 2.28. The van der Waals surface area contributed by atoms with E-state index < -0.39 is 10.8 Å². The summed E-state index contributed by atoms with van der Waals surface area (Å²) < 4.78 is 5.34. The second-order valence-electron chi connectivity index (χ2n) is 6.11. The van der Waals surface area contributed by atoms with E-state index in [0.717, 1.165) is 5.01 Å². The summed E-state index contributed by atoms with van der Waals surface area (Å²) in [5.41, 5.74) is 0.750. The number of hydrogen-bond acceptors (Lipinski definition) is 8. The van der Waals surface area contributed by atoms with E-state index in [-0.39, 0.29) is 17.2 Å². The van der Waals surface area contributed by atoms with Crippen LogP contribution in [0.25, 0.3) is 0 Å². The molecule has 0 saturated carbocycles. The summed E-state index contributed by atoms with van der Waals surface area (Å²) in [5.74, 6) is -0.235. The SMILES string of the molecule is CC(C)c1nnc(NC(=O)c2cc([N+](=O)[O-])ccc2N2CCOCC2)s1. The first kappa shape index (κ1) is 18.2. The molecule has 1 aliphatic rings. The lowest BCUT2D eigenvalue weighted by atomic mass is 10.1. The molecule has 1 aromatic carbocycles. The minimum atomic E-state index is -0.512. The van der Waals surface area contributed by atoms with Crippen molar-refractivity contribution in [2.45, 2.75) is 19.8 Å². The lowest BCUT2D eigenvalue weighted by Crippen LogP contribution is -2.37. The highest BCUT2D eigenvalue weighted by molar-refractivity contribution is 7.15. The Hall–Kier alpha value is -2.59. The molecule has 1 aliphatic heterocycles. The van der Waals surface area contributed by atoms with Crippen LogP contribution in [-0.4, -0.2) is 47.3 Å². The fraction of sp³-hybridized carbons (Fsp3) is 0.438. The Morgan fingerprint density at radius 3 is 2.69 bits per heavy atom. The molecule has 0 bridgehead atoms. The molecule has 0 aliphatic carbocycles. The van der Waals surface area contributed by atoms with E-state index in [9.17, 15) is 14.9 Å². The van der Waals surface area contributed by atoms with Crippen LogP contribution >= 0.6 is 11.3 Å². The number of carbonyl (C=O) groups excluding carboxylic acids is 1. The highest BCUT2D eigenvalue weighted by atomic mass is 32.1. The summed E-state index contributed by atoms with van der Waals surface area (Å²) in [5, 5.41) is 23.0. The zero-order chi connectivity index (χ0) is 18.7. The molecule has 2 aromatic rings. The summed E-state index contributed by atoms with van der Waals surface area (Å²) in [6.07, 6.45) is 0. The van der Waals surface area contributed by atoms with E-state index in [4.69, 9.17) is 4.74 Å². The van der Waals surface area contributed by atoms with Gasteiger partial charge in [0.1, 0.15) is 5.01 Å². The zero-order valence-electron chi connectivity index (χ0n) is 14.5. The number of benzene rings is 1. The second kappa shape index (κ2) is 7.75. The summed E-state index contributed by atoms with van der Waals surface area (Å²) >= 11 is 1.29. The predicted octanol–water partition coefficient (Wildman–Crippen LogP) is 2.66. The molecule has 138 valence electrons. The van der Waals surface area contributed by atoms with Gasteiger partial charge in [-0.05, 0) is 6.07 Å². The lowest BCUT2D eigenvalue weighted by Gasteiger charge is -2.30. The number of hydrogen-bond donors (Lipinski definition) is 1. The first-order valence-electron chi connectivity index (χ1n) is 8.21. The number of aromatic nitrogens is 2. The Morgan fingerprint density at radius 2 is 2.08 bits per heavy atom. The molecule has 1 amide bonds. The largest absolute Gasteiger partial charge is 0.378 e. The lowest BCUT2D eigenvalue weighted by molar-refractivity contribution is -0.384. The van der Waals surface area contributed by atoms with E-state index in [1.807, 2.05) is 18.7 Å². The number of carbonyl (C=O) groups is 1. The average molecular weight is 377 g/mol. The fourth-order valence-electron chi connectivity index (χ4n) is 2.58. The van der Waals surface area contributed by atoms with Gasteiger partial charge in [-0.25, -0.2) is 0 Å².